The second-order valence-corrected chi connectivity index (χ2v) is 9.45. The van der Waals surface area contributed by atoms with Crippen LogP contribution in [-0.2, 0) is 16.1 Å². The number of rotatable bonds is 3. The highest BCUT2D eigenvalue weighted by Gasteiger charge is 2.08. The average molecular weight is 250 g/mol. The summed E-state index contributed by atoms with van der Waals surface area (Å²) < 4.78 is 6.39. The molecule has 1 rings (SSSR count). The normalized spacial score (nSPS) is 10.6. The number of hydrogen-bond donors (Lipinski definition) is 0. The molecule has 0 N–H and O–H groups in total. The van der Waals surface area contributed by atoms with Gasteiger partial charge >= 0.3 is 5.97 Å². The van der Waals surface area contributed by atoms with E-state index in [1.54, 1.807) is 17.8 Å². The summed E-state index contributed by atoms with van der Waals surface area (Å²) in [5, 5.41) is 4.20. The fourth-order valence-electron chi connectivity index (χ4n) is 1.11. The highest BCUT2D eigenvalue weighted by Crippen LogP contribution is 1.99. The van der Waals surface area contributed by atoms with Gasteiger partial charge in [0.25, 0.3) is 0 Å². The Hall–Kier alpha value is -1.54. The first-order chi connectivity index (χ1) is 7.90. The third-order valence-electron chi connectivity index (χ3n) is 1.80. The van der Waals surface area contributed by atoms with Crippen LogP contribution < -0.4 is 0 Å². The Morgan fingerprint density at radius 1 is 1.53 bits per heavy atom. The number of carbonyl (C=O) groups is 1. The van der Waals surface area contributed by atoms with Crippen molar-refractivity contribution in [1.29, 1.82) is 0 Å². The zero-order chi connectivity index (χ0) is 12.9. The van der Waals surface area contributed by atoms with E-state index in [0.29, 0.717) is 12.3 Å². The zero-order valence-corrected chi connectivity index (χ0v) is 11.8. The lowest BCUT2D eigenvalue weighted by atomic mass is 10.5. The standard InChI is InChI=1S/C12H18N2O2Si/c1-5-16-12(15)10-14-8-6-11(13-14)7-9-17(2,3)4/h6,8H,5,10H2,1-4H3. The number of ether oxygens (including phenoxy) is 1. The molecule has 4 nitrogen and oxygen atoms in total. The van der Waals surface area contributed by atoms with Gasteiger partial charge in [0, 0.05) is 6.20 Å². The molecular formula is C12H18N2O2Si. The van der Waals surface area contributed by atoms with Gasteiger partial charge in [-0.2, -0.15) is 5.10 Å². The molecule has 0 saturated heterocycles. The van der Waals surface area contributed by atoms with Gasteiger partial charge in [-0.3, -0.25) is 9.48 Å². The van der Waals surface area contributed by atoms with Crippen molar-refractivity contribution in [3.63, 3.8) is 0 Å². The van der Waals surface area contributed by atoms with Crippen molar-refractivity contribution in [2.75, 3.05) is 6.61 Å². The minimum absolute atomic E-state index is 0.141. The lowest BCUT2D eigenvalue weighted by Crippen LogP contribution is -2.16. The van der Waals surface area contributed by atoms with Crippen molar-refractivity contribution in [2.24, 2.45) is 0 Å². The van der Waals surface area contributed by atoms with Crippen LogP contribution in [0.25, 0.3) is 0 Å². The third kappa shape index (κ3) is 5.36. The predicted molar refractivity (Wildman–Crippen MR) is 69.1 cm³/mol. The lowest BCUT2D eigenvalue weighted by molar-refractivity contribution is -0.144. The minimum Gasteiger partial charge on any atom is -0.465 e. The number of carbonyl (C=O) groups excluding carboxylic acids is 1. The van der Waals surface area contributed by atoms with Crippen LogP contribution in [0.4, 0.5) is 0 Å². The van der Waals surface area contributed by atoms with E-state index in [9.17, 15) is 4.79 Å². The molecule has 0 radical (unpaired) electrons. The van der Waals surface area contributed by atoms with Gasteiger partial charge in [-0.25, -0.2) is 0 Å². The van der Waals surface area contributed by atoms with Gasteiger partial charge in [-0.15, -0.1) is 5.54 Å². The summed E-state index contributed by atoms with van der Waals surface area (Å²) in [5.74, 6) is 2.76. The van der Waals surface area contributed by atoms with Crippen molar-refractivity contribution in [3.8, 4) is 11.5 Å². The van der Waals surface area contributed by atoms with Crippen molar-refractivity contribution in [1.82, 2.24) is 9.78 Å². The first-order valence-corrected chi connectivity index (χ1v) is 9.13. The molecule has 92 valence electrons. The number of hydrogen-bond acceptors (Lipinski definition) is 3. The van der Waals surface area contributed by atoms with E-state index in [1.807, 2.05) is 6.07 Å². The van der Waals surface area contributed by atoms with E-state index in [4.69, 9.17) is 4.74 Å². The van der Waals surface area contributed by atoms with E-state index in [0.717, 1.165) is 0 Å². The largest absolute Gasteiger partial charge is 0.465 e. The first kappa shape index (κ1) is 13.5. The number of nitrogens with zero attached hydrogens (tertiary/aromatic N) is 2. The molecule has 5 heteroatoms. The van der Waals surface area contributed by atoms with Gasteiger partial charge < -0.3 is 4.74 Å². The molecule has 0 unspecified atom stereocenters. The van der Waals surface area contributed by atoms with E-state index >= 15 is 0 Å². The molecule has 0 aliphatic rings. The molecule has 0 aromatic carbocycles. The molecular weight excluding hydrogens is 232 g/mol. The van der Waals surface area contributed by atoms with E-state index < -0.39 is 8.07 Å². The van der Waals surface area contributed by atoms with Gasteiger partial charge in [-0.05, 0) is 13.0 Å². The van der Waals surface area contributed by atoms with Crippen molar-refractivity contribution >= 4 is 14.0 Å². The van der Waals surface area contributed by atoms with Gasteiger partial charge in [-0.1, -0.05) is 25.6 Å². The Labute approximate surface area is 103 Å². The van der Waals surface area contributed by atoms with Crippen molar-refractivity contribution < 1.29 is 9.53 Å². The maximum atomic E-state index is 11.2. The fraction of sp³-hybridized carbons (Fsp3) is 0.500. The lowest BCUT2D eigenvalue weighted by Gasteiger charge is -2.02. The van der Waals surface area contributed by atoms with Gasteiger partial charge in [0.15, 0.2) is 0 Å². The van der Waals surface area contributed by atoms with Crippen LogP contribution in [0.5, 0.6) is 0 Å². The van der Waals surface area contributed by atoms with Gasteiger partial charge in [0.2, 0.25) is 0 Å². The SMILES string of the molecule is CCOC(=O)Cn1ccc(C#C[Si](C)(C)C)n1. The molecule has 1 aromatic rings. The highest BCUT2D eigenvalue weighted by molar-refractivity contribution is 6.83. The summed E-state index contributed by atoms with van der Waals surface area (Å²) in [7, 11) is -1.38. The quantitative estimate of drug-likeness (QED) is 0.466. The molecule has 0 fully saturated rings. The van der Waals surface area contributed by atoms with Crippen LogP contribution in [0.3, 0.4) is 0 Å². The Morgan fingerprint density at radius 3 is 2.82 bits per heavy atom. The van der Waals surface area contributed by atoms with Crippen LogP contribution in [-0.4, -0.2) is 30.4 Å². The predicted octanol–water partition coefficient (Wildman–Crippen LogP) is 1.68. The van der Waals surface area contributed by atoms with Gasteiger partial charge in [0.1, 0.15) is 20.3 Å². The van der Waals surface area contributed by atoms with E-state index in [-0.39, 0.29) is 12.5 Å². The highest BCUT2D eigenvalue weighted by atomic mass is 28.3. The summed E-state index contributed by atoms with van der Waals surface area (Å²) in [6.07, 6.45) is 1.74. The summed E-state index contributed by atoms with van der Waals surface area (Å²) in [6.45, 7) is 8.84. The monoisotopic (exact) mass is 250 g/mol. The van der Waals surface area contributed by atoms with Crippen LogP contribution in [0.15, 0.2) is 12.3 Å². The summed E-state index contributed by atoms with van der Waals surface area (Å²) >= 11 is 0. The Morgan fingerprint density at radius 2 is 2.24 bits per heavy atom. The zero-order valence-electron chi connectivity index (χ0n) is 10.8. The maximum Gasteiger partial charge on any atom is 0.327 e. The topological polar surface area (TPSA) is 44.1 Å². The second kappa shape index (κ2) is 5.69. The molecule has 0 aliphatic carbocycles. The van der Waals surface area contributed by atoms with Crippen LogP contribution in [0.2, 0.25) is 19.6 Å². The molecule has 0 aliphatic heterocycles. The molecule has 0 spiro atoms. The third-order valence-corrected chi connectivity index (χ3v) is 2.68. The Kier molecular flexibility index (Phi) is 4.52. The molecule has 0 atom stereocenters. The molecule has 0 saturated carbocycles. The molecule has 0 bridgehead atoms. The fourth-order valence-corrected chi connectivity index (χ4v) is 1.61. The smallest absolute Gasteiger partial charge is 0.327 e. The summed E-state index contributed by atoms with van der Waals surface area (Å²) in [5.41, 5.74) is 3.93. The van der Waals surface area contributed by atoms with Gasteiger partial charge in [0.05, 0.1) is 6.61 Å². The first-order valence-electron chi connectivity index (χ1n) is 5.63. The number of esters is 1. The number of aromatic nitrogens is 2. The maximum absolute atomic E-state index is 11.2. The van der Waals surface area contributed by atoms with Crippen LogP contribution in [0.1, 0.15) is 12.6 Å². The molecule has 0 amide bonds. The second-order valence-electron chi connectivity index (χ2n) is 4.70. The van der Waals surface area contributed by atoms with Crippen molar-refractivity contribution in [3.05, 3.63) is 18.0 Å². The molecule has 1 heterocycles. The average Bonchev–Trinajstić information content (AvgIpc) is 2.62. The van der Waals surface area contributed by atoms with Crippen LogP contribution >= 0.6 is 0 Å². The van der Waals surface area contributed by atoms with Crippen LogP contribution in [0, 0.1) is 11.5 Å². The minimum atomic E-state index is -1.38. The summed E-state index contributed by atoms with van der Waals surface area (Å²) in [4.78, 5) is 11.2. The molecule has 1 aromatic heterocycles. The molecule has 17 heavy (non-hydrogen) atoms. The van der Waals surface area contributed by atoms with E-state index in [1.165, 1.54) is 0 Å². The van der Waals surface area contributed by atoms with E-state index in [2.05, 4.69) is 36.2 Å². The van der Waals surface area contributed by atoms with Crippen molar-refractivity contribution in [2.45, 2.75) is 33.1 Å². The Bertz CT molecular complexity index is 449. The Balaban J connectivity index is 2.65. The summed E-state index contributed by atoms with van der Waals surface area (Å²) in [6, 6.07) is 1.81.